The third kappa shape index (κ3) is 4.44. The van der Waals surface area contributed by atoms with E-state index in [9.17, 15) is 4.79 Å². The van der Waals surface area contributed by atoms with Gasteiger partial charge in [-0.1, -0.05) is 6.42 Å². The van der Waals surface area contributed by atoms with E-state index in [4.69, 9.17) is 9.47 Å². The highest BCUT2D eigenvalue weighted by molar-refractivity contribution is 5.74. The van der Waals surface area contributed by atoms with E-state index in [0.717, 1.165) is 19.6 Å². The number of morpholine rings is 1. The minimum absolute atomic E-state index is 0.0965. The van der Waals surface area contributed by atoms with Crippen LogP contribution in [-0.4, -0.2) is 74.4 Å². The first-order chi connectivity index (χ1) is 9.19. The molecular weight excluding hydrogens is 244 g/mol. The summed E-state index contributed by atoms with van der Waals surface area (Å²) >= 11 is 0. The first-order valence-corrected chi connectivity index (χ1v) is 7.37. The predicted molar refractivity (Wildman–Crippen MR) is 73.1 cm³/mol. The third-order valence-corrected chi connectivity index (χ3v) is 3.98. The number of ether oxygens (including phenoxy) is 2. The van der Waals surface area contributed by atoms with Crippen LogP contribution >= 0.6 is 0 Å². The lowest BCUT2D eigenvalue weighted by Gasteiger charge is -2.37. The summed E-state index contributed by atoms with van der Waals surface area (Å²) in [5.41, 5.74) is 0. The second-order valence-electron chi connectivity index (χ2n) is 5.62. The van der Waals surface area contributed by atoms with Crippen molar-refractivity contribution in [3.63, 3.8) is 0 Å². The average Bonchev–Trinajstić information content (AvgIpc) is 2.45. The number of carbonyl (C=O) groups excluding carboxylic acids is 1. The van der Waals surface area contributed by atoms with Gasteiger partial charge in [0.05, 0.1) is 13.2 Å². The maximum atomic E-state index is 11.6. The summed E-state index contributed by atoms with van der Waals surface area (Å²) < 4.78 is 10.4. The van der Waals surface area contributed by atoms with Crippen LogP contribution in [0.5, 0.6) is 0 Å². The molecule has 5 heteroatoms. The molecule has 0 amide bonds. The molecular formula is C14H26N2O3. The number of carbonyl (C=O) groups is 1. The molecule has 0 aromatic rings. The highest BCUT2D eigenvalue weighted by atomic mass is 16.6. The topological polar surface area (TPSA) is 42.0 Å². The molecule has 0 aromatic carbocycles. The van der Waals surface area contributed by atoms with Gasteiger partial charge >= 0.3 is 5.97 Å². The summed E-state index contributed by atoms with van der Waals surface area (Å²) in [4.78, 5) is 16.4. The van der Waals surface area contributed by atoms with E-state index in [1.165, 1.54) is 39.5 Å². The highest BCUT2D eigenvalue weighted by Gasteiger charge is 2.31. The number of nitrogens with zero attached hydrogens (tertiary/aromatic N) is 2. The van der Waals surface area contributed by atoms with Crippen molar-refractivity contribution >= 4 is 5.97 Å². The number of hydrogen-bond donors (Lipinski definition) is 0. The molecule has 0 N–H and O–H groups in total. The van der Waals surface area contributed by atoms with Gasteiger partial charge in [0.2, 0.25) is 0 Å². The summed E-state index contributed by atoms with van der Waals surface area (Å²) in [5.74, 6) is -0.255. The summed E-state index contributed by atoms with van der Waals surface area (Å²) in [7, 11) is 1.42. The second kappa shape index (κ2) is 7.22. The normalized spacial score (nSPS) is 30.2. The monoisotopic (exact) mass is 270 g/mol. The minimum Gasteiger partial charge on any atom is -0.467 e. The van der Waals surface area contributed by atoms with Crippen LogP contribution in [0.3, 0.4) is 0 Å². The van der Waals surface area contributed by atoms with Gasteiger partial charge in [-0.05, 0) is 32.9 Å². The van der Waals surface area contributed by atoms with Crippen molar-refractivity contribution in [1.29, 1.82) is 0 Å². The van der Waals surface area contributed by atoms with Crippen LogP contribution in [-0.2, 0) is 14.3 Å². The fraction of sp³-hybridized carbons (Fsp3) is 0.929. The zero-order chi connectivity index (χ0) is 13.7. The van der Waals surface area contributed by atoms with E-state index >= 15 is 0 Å². The van der Waals surface area contributed by atoms with Crippen LogP contribution in [0.2, 0.25) is 0 Å². The lowest BCUT2D eigenvalue weighted by molar-refractivity contribution is -0.166. The molecule has 0 radical (unpaired) electrons. The molecule has 2 heterocycles. The van der Waals surface area contributed by atoms with Crippen LogP contribution in [0.1, 0.15) is 26.2 Å². The molecule has 0 saturated carbocycles. The lowest BCUT2D eigenvalue weighted by atomic mass is 10.1. The van der Waals surface area contributed by atoms with Crippen LogP contribution in [0.25, 0.3) is 0 Å². The van der Waals surface area contributed by atoms with E-state index in [2.05, 4.69) is 9.80 Å². The smallest absolute Gasteiger partial charge is 0.336 e. The van der Waals surface area contributed by atoms with Gasteiger partial charge in [-0.2, -0.15) is 0 Å². The number of likely N-dealkylation sites (tertiary alicyclic amines) is 1. The van der Waals surface area contributed by atoms with Crippen molar-refractivity contribution in [2.24, 2.45) is 0 Å². The van der Waals surface area contributed by atoms with Crippen LogP contribution in [0.15, 0.2) is 0 Å². The first kappa shape index (κ1) is 14.8. The molecule has 0 spiro atoms. The molecule has 0 aromatic heterocycles. The number of esters is 1. The molecule has 2 atom stereocenters. The zero-order valence-electron chi connectivity index (χ0n) is 12.1. The first-order valence-electron chi connectivity index (χ1n) is 7.37. The Kier molecular flexibility index (Phi) is 5.60. The summed E-state index contributed by atoms with van der Waals surface area (Å²) in [6.45, 7) is 8.14. The fourth-order valence-electron chi connectivity index (χ4n) is 2.95. The Morgan fingerprint density at radius 2 is 1.84 bits per heavy atom. The Labute approximate surface area is 115 Å². The minimum atomic E-state index is -0.421. The molecule has 2 saturated heterocycles. The van der Waals surface area contributed by atoms with Gasteiger partial charge in [-0.15, -0.1) is 0 Å². The fourth-order valence-corrected chi connectivity index (χ4v) is 2.95. The Bertz CT molecular complexity index is 292. The number of piperidine rings is 1. The molecule has 2 rings (SSSR count). The Morgan fingerprint density at radius 1 is 1.16 bits per heavy atom. The number of methoxy groups -OCH3 is 1. The SMILES string of the molecule is COC(=O)C1CN(CCN2CCCCC2)C[C@@H](C)O1. The van der Waals surface area contributed by atoms with Crippen LogP contribution < -0.4 is 0 Å². The van der Waals surface area contributed by atoms with E-state index in [-0.39, 0.29) is 12.1 Å². The molecule has 2 aliphatic rings. The van der Waals surface area contributed by atoms with Gasteiger partial charge in [0.15, 0.2) is 6.10 Å². The van der Waals surface area contributed by atoms with Crippen molar-refractivity contribution in [1.82, 2.24) is 9.80 Å². The van der Waals surface area contributed by atoms with Crippen molar-refractivity contribution < 1.29 is 14.3 Å². The Balaban J connectivity index is 1.77. The van der Waals surface area contributed by atoms with Gasteiger partial charge in [-0.25, -0.2) is 4.79 Å². The highest BCUT2D eigenvalue weighted by Crippen LogP contribution is 2.13. The molecule has 110 valence electrons. The van der Waals surface area contributed by atoms with Crippen molar-refractivity contribution in [2.75, 3.05) is 46.4 Å². The average molecular weight is 270 g/mol. The van der Waals surface area contributed by atoms with E-state index in [0.29, 0.717) is 6.54 Å². The zero-order valence-corrected chi connectivity index (χ0v) is 12.1. The number of hydrogen-bond acceptors (Lipinski definition) is 5. The maximum absolute atomic E-state index is 11.6. The van der Waals surface area contributed by atoms with Crippen molar-refractivity contribution in [2.45, 2.75) is 38.4 Å². The standard InChI is InChI=1S/C14H26N2O3/c1-12-10-16(11-13(19-12)14(17)18-2)9-8-15-6-4-3-5-7-15/h12-13H,3-11H2,1-2H3/t12-,13?/m1/s1. The summed E-state index contributed by atoms with van der Waals surface area (Å²) in [5, 5.41) is 0. The quantitative estimate of drug-likeness (QED) is 0.705. The predicted octanol–water partition coefficient (Wildman–Crippen LogP) is 0.735. The van der Waals surface area contributed by atoms with E-state index < -0.39 is 6.10 Å². The van der Waals surface area contributed by atoms with Crippen LogP contribution in [0, 0.1) is 0 Å². The van der Waals surface area contributed by atoms with E-state index in [1.807, 2.05) is 6.92 Å². The van der Waals surface area contributed by atoms with Crippen molar-refractivity contribution in [3.8, 4) is 0 Å². The number of rotatable bonds is 4. The van der Waals surface area contributed by atoms with Gasteiger partial charge in [0.1, 0.15) is 0 Å². The molecule has 5 nitrogen and oxygen atoms in total. The van der Waals surface area contributed by atoms with Gasteiger partial charge in [-0.3, -0.25) is 4.90 Å². The largest absolute Gasteiger partial charge is 0.467 e. The third-order valence-electron chi connectivity index (χ3n) is 3.98. The van der Waals surface area contributed by atoms with Crippen LogP contribution in [0.4, 0.5) is 0 Å². The lowest BCUT2D eigenvalue weighted by Crippen LogP contribution is -2.51. The molecule has 1 unspecified atom stereocenters. The molecule has 2 aliphatic heterocycles. The Morgan fingerprint density at radius 3 is 2.53 bits per heavy atom. The summed E-state index contributed by atoms with van der Waals surface area (Å²) in [6, 6.07) is 0. The molecule has 0 aliphatic carbocycles. The second-order valence-corrected chi connectivity index (χ2v) is 5.62. The molecule has 0 bridgehead atoms. The Hall–Kier alpha value is -0.650. The van der Waals surface area contributed by atoms with Crippen molar-refractivity contribution in [3.05, 3.63) is 0 Å². The molecule has 2 fully saturated rings. The van der Waals surface area contributed by atoms with E-state index in [1.54, 1.807) is 0 Å². The van der Waals surface area contributed by atoms with Gasteiger partial charge in [0, 0.05) is 26.2 Å². The molecule has 19 heavy (non-hydrogen) atoms. The summed E-state index contributed by atoms with van der Waals surface area (Å²) in [6.07, 6.45) is 3.69. The van der Waals surface area contributed by atoms with Gasteiger partial charge in [0.25, 0.3) is 0 Å². The maximum Gasteiger partial charge on any atom is 0.336 e. The van der Waals surface area contributed by atoms with Gasteiger partial charge < -0.3 is 14.4 Å².